The zero-order valence-electron chi connectivity index (χ0n) is 16.9. The zero-order valence-corrected chi connectivity index (χ0v) is 17.7. The number of aryl methyl sites for hydroxylation is 1. The van der Waals surface area contributed by atoms with Crippen molar-refractivity contribution in [3.63, 3.8) is 0 Å². The number of para-hydroxylation sites is 1. The molecule has 0 fully saturated rings. The van der Waals surface area contributed by atoms with Gasteiger partial charge in [-0.3, -0.25) is 14.2 Å². The summed E-state index contributed by atoms with van der Waals surface area (Å²) >= 11 is 1.28. The van der Waals surface area contributed by atoms with Crippen molar-refractivity contribution in [2.24, 2.45) is 0 Å². The molecule has 3 aromatic rings. The first-order valence-corrected chi connectivity index (χ1v) is 10.4. The van der Waals surface area contributed by atoms with Crippen LogP contribution in [0.2, 0.25) is 0 Å². The fraction of sp³-hybridized carbons (Fsp3) is 0.318. The predicted molar refractivity (Wildman–Crippen MR) is 116 cm³/mol. The van der Waals surface area contributed by atoms with Gasteiger partial charge in [-0.25, -0.2) is 4.98 Å². The average molecular weight is 412 g/mol. The number of nitrogens with zero attached hydrogens (tertiary/aromatic N) is 3. The second-order valence-electron chi connectivity index (χ2n) is 6.83. The third-order valence-corrected chi connectivity index (χ3v) is 5.73. The molecule has 0 saturated heterocycles. The molecule has 0 bridgehead atoms. The molecule has 0 atom stereocenters. The molecule has 0 N–H and O–H groups in total. The lowest BCUT2D eigenvalue weighted by atomic mass is 10.1. The second-order valence-corrected chi connectivity index (χ2v) is 7.77. The van der Waals surface area contributed by atoms with Gasteiger partial charge in [0.2, 0.25) is 5.91 Å². The molecule has 1 heterocycles. The predicted octanol–water partition coefficient (Wildman–Crippen LogP) is 3.10. The van der Waals surface area contributed by atoms with E-state index in [1.807, 2.05) is 49.4 Å². The molecule has 3 rings (SSSR count). The lowest BCUT2D eigenvalue weighted by Crippen LogP contribution is -2.29. The van der Waals surface area contributed by atoms with Gasteiger partial charge in [-0.2, -0.15) is 0 Å². The first-order chi connectivity index (χ1) is 14.0. The van der Waals surface area contributed by atoms with Gasteiger partial charge >= 0.3 is 0 Å². The highest BCUT2D eigenvalue weighted by atomic mass is 32.2. The molecule has 0 aliphatic heterocycles. The van der Waals surface area contributed by atoms with E-state index in [-0.39, 0.29) is 17.2 Å². The summed E-state index contributed by atoms with van der Waals surface area (Å²) in [6.07, 6.45) is 0. The monoisotopic (exact) mass is 411 g/mol. The number of hydrogen-bond donors (Lipinski definition) is 0. The summed E-state index contributed by atoms with van der Waals surface area (Å²) in [5.74, 6) is 0.194. The van der Waals surface area contributed by atoms with Gasteiger partial charge in [0.25, 0.3) is 5.56 Å². The normalized spacial score (nSPS) is 11.0. The average Bonchev–Trinajstić information content (AvgIpc) is 2.73. The molecule has 2 aromatic carbocycles. The van der Waals surface area contributed by atoms with Gasteiger partial charge in [0.15, 0.2) is 5.16 Å². The van der Waals surface area contributed by atoms with Crippen molar-refractivity contribution in [1.82, 2.24) is 14.5 Å². The topological polar surface area (TPSA) is 64.4 Å². The standard InChI is InChI=1S/C22H25N3O3S/c1-16-8-4-5-9-17(16)14-24(2)20(26)15-29-22-23-19-11-7-6-10-18(19)21(27)25(22)12-13-28-3/h4-11H,12-15H2,1-3H3. The van der Waals surface area contributed by atoms with Crippen LogP contribution in [-0.2, 0) is 22.6 Å². The van der Waals surface area contributed by atoms with Crippen LogP contribution in [0.15, 0.2) is 58.5 Å². The van der Waals surface area contributed by atoms with E-state index in [4.69, 9.17) is 4.74 Å². The molecule has 0 spiro atoms. The Hall–Kier alpha value is -2.64. The van der Waals surface area contributed by atoms with Crippen LogP contribution >= 0.6 is 11.8 Å². The zero-order chi connectivity index (χ0) is 20.8. The van der Waals surface area contributed by atoms with Crippen LogP contribution in [0.1, 0.15) is 11.1 Å². The van der Waals surface area contributed by atoms with Gasteiger partial charge < -0.3 is 9.64 Å². The molecule has 152 valence electrons. The van der Waals surface area contributed by atoms with Crippen molar-refractivity contribution in [3.05, 3.63) is 70.0 Å². The van der Waals surface area contributed by atoms with E-state index in [1.165, 1.54) is 11.8 Å². The third-order valence-electron chi connectivity index (χ3n) is 4.76. The number of hydrogen-bond acceptors (Lipinski definition) is 5. The fourth-order valence-electron chi connectivity index (χ4n) is 3.01. The van der Waals surface area contributed by atoms with Gasteiger partial charge in [-0.05, 0) is 30.2 Å². The molecular weight excluding hydrogens is 386 g/mol. The summed E-state index contributed by atoms with van der Waals surface area (Å²) in [4.78, 5) is 31.9. The van der Waals surface area contributed by atoms with Crippen LogP contribution in [0.3, 0.4) is 0 Å². The van der Waals surface area contributed by atoms with Gasteiger partial charge in [-0.1, -0.05) is 48.2 Å². The summed E-state index contributed by atoms with van der Waals surface area (Å²) in [6.45, 7) is 3.38. The summed E-state index contributed by atoms with van der Waals surface area (Å²) in [5.41, 5.74) is 2.80. The number of aromatic nitrogens is 2. The molecule has 0 aliphatic carbocycles. The van der Waals surface area contributed by atoms with Gasteiger partial charge in [-0.15, -0.1) is 0 Å². The maximum absolute atomic E-state index is 12.9. The SMILES string of the molecule is COCCn1c(SCC(=O)N(C)Cc2ccccc2C)nc2ccccc2c1=O. The molecule has 0 unspecified atom stereocenters. The molecule has 0 aliphatic rings. The Labute approximate surface area is 174 Å². The molecule has 29 heavy (non-hydrogen) atoms. The van der Waals surface area contributed by atoms with E-state index in [2.05, 4.69) is 4.98 Å². The second kappa shape index (κ2) is 9.71. The van der Waals surface area contributed by atoms with Crippen LogP contribution in [0.25, 0.3) is 10.9 Å². The molecule has 7 heteroatoms. The number of thioether (sulfide) groups is 1. The van der Waals surface area contributed by atoms with E-state index in [0.29, 0.717) is 35.8 Å². The number of ether oxygens (including phenoxy) is 1. The quantitative estimate of drug-likeness (QED) is 0.421. The third kappa shape index (κ3) is 5.05. The maximum Gasteiger partial charge on any atom is 0.262 e. The van der Waals surface area contributed by atoms with E-state index in [1.54, 1.807) is 29.7 Å². The van der Waals surface area contributed by atoms with Crippen molar-refractivity contribution >= 4 is 28.6 Å². The molecule has 0 saturated carbocycles. The molecule has 6 nitrogen and oxygen atoms in total. The lowest BCUT2D eigenvalue weighted by Gasteiger charge is -2.19. The van der Waals surface area contributed by atoms with Crippen molar-refractivity contribution in [3.8, 4) is 0 Å². The first kappa shape index (κ1) is 21.1. The molecule has 1 amide bonds. The van der Waals surface area contributed by atoms with Gasteiger partial charge in [0, 0.05) is 20.7 Å². The van der Waals surface area contributed by atoms with Crippen molar-refractivity contribution in [2.75, 3.05) is 26.5 Å². The summed E-state index contributed by atoms with van der Waals surface area (Å²) in [6, 6.07) is 15.3. The van der Waals surface area contributed by atoms with Crippen molar-refractivity contribution in [1.29, 1.82) is 0 Å². The Balaban J connectivity index is 1.77. The maximum atomic E-state index is 12.9. The number of benzene rings is 2. The fourth-order valence-corrected chi connectivity index (χ4v) is 3.97. The highest BCUT2D eigenvalue weighted by Crippen LogP contribution is 2.19. The van der Waals surface area contributed by atoms with Crippen molar-refractivity contribution in [2.45, 2.75) is 25.2 Å². The number of carbonyl (C=O) groups excluding carboxylic acids is 1. The Morgan fingerprint density at radius 2 is 1.90 bits per heavy atom. The number of carbonyl (C=O) groups is 1. The van der Waals surface area contributed by atoms with Crippen LogP contribution < -0.4 is 5.56 Å². The number of methoxy groups -OCH3 is 1. The molecular formula is C22H25N3O3S. The van der Waals surface area contributed by atoms with E-state index in [0.717, 1.165) is 11.1 Å². The Morgan fingerprint density at radius 1 is 1.17 bits per heavy atom. The van der Waals surface area contributed by atoms with E-state index >= 15 is 0 Å². The Kier molecular flexibility index (Phi) is 7.06. The molecule has 0 radical (unpaired) electrons. The summed E-state index contributed by atoms with van der Waals surface area (Å²) in [7, 11) is 3.39. The van der Waals surface area contributed by atoms with Gasteiger partial charge in [0.1, 0.15) is 0 Å². The Bertz CT molecular complexity index is 1060. The van der Waals surface area contributed by atoms with Gasteiger partial charge in [0.05, 0.1) is 29.8 Å². The van der Waals surface area contributed by atoms with Crippen LogP contribution in [-0.4, -0.2) is 46.9 Å². The highest BCUT2D eigenvalue weighted by Gasteiger charge is 2.15. The summed E-state index contributed by atoms with van der Waals surface area (Å²) in [5, 5.41) is 1.10. The van der Waals surface area contributed by atoms with Crippen LogP contribution in [0.5, 0.6) is 0 Å². The van der Waals surface area contributed by atoms with Crippen LogP contribution in [0, 0.1) is 6.92 Å². The number of amides is 1. The van der Waals surface area contributed by atoms with E-state index in [9.17, 15) is 9.59 Å². The lowest BCUT2D eigenvalue weighted by molar-refractivity contribution is -0.127. The number of fused-ring (bicyclic) bond motifs is 1. The minimum atomic E-state index is -0.115. The highest BCUT2D eigenvalue weighted by molar-refractivity contribution is 7.99. The largest absolute Gasteiger partial charge is 0.383 e. The Morgan fingerprint density at radius 3 is 2.66 bits per heavy atom. The van der Waals surface area contributed by atoms with E-state index < -0.39 is 0 Å². The minimum absolute atomic E-state index is 0.0149. The minimum Gasteiger partial charge on any atom is -0.383 e. The summed E-state index contributed by atoms with van der Waals surface area (Å²) < 4.78 is 6.73. The van der Waals surface area contributed by atoms with Crippen LogP contribution in [0.4, 0.5) is 0 Å². The van der Waals surface area contributed by atoms with Crippen molar-refractivity contribution < 1.29 is 9.53 Å². The number of rotatable bonds is 8. The smallest absolute Gasteiger partial charge is 0.262 e. The molecule has 1 aromatic heterocycles. The first-order valence-electron chi connectivity index (χ1n) is 9.41.